The fourth-order valence-corrected chi connectivity index (χ4v) is 1.21. The standard InChI is InChI=1S/C12H13FN2O4/c1-7(11(17)15-12(18)14-2)19-10-4-3-8(6-16)5-9(10)13/h3-7H,1-2H3,(H2,14,15,17,18). The second-order valence-corrected chi connectivity index (χ2v) is 3.64. The Kier molecular flexibility index (Phi) is 4.99. The van der Waals surface area contributed by atoms with Gasteiger partial charge in [-0.3, -0.25) is 14.9 Å². The smallest absolute Gasteiger partial charge is 0.321 e. The fraction of sp³-hybridized carbons (Fsp3) is 0.250. The highest BCUT2D eigenvalue weighted by Gasteiger charge is 2.18. The van der Waals surface area contributed by atoms with Gasteiger partial charge in [-0.2, -0.15) is 0 Å². The quantitative estimate of drug-likeness (QED) is 0.793. The number of aldehydes is 1. The lowest BCUT2D eigenvalue weighted by molar-refractivity contribution is -0.126. The number of urea groups is 1. The summed E-state index contributed by atoms with van der Waals surface area (Å²) in [5, 5.41) is 4.20. The summed E-state index contributed by atoms with van der Waals surface area (Å²) in [6.45, 7) is 1.37. The minimum absolute atomic E-state index is 0.160. The van der Waals surface area contributed by atoms with Gasteiger partial charge < -0.3 is 10.1 Å². The molecule has 0 aliphatic rings. The molecule has 1 atom stereocenters. The number of hydrogen-bond donors (Lipinski definition) is 2. The predicted octanol–water partition coefficient (Wildman–Crippen LogP) is 0.861. The number of carbonyl (C=O) groups is 3. The summed E-state index contributed by atoms with van der Waals surface area (Å²) in [6, 6.07) is 2.90. The van der Waals surface area contributed by atoms with Gasteiger partial charge in [-0.05, 0) is 25.1 Å². The van der Waals surface area contributed by atoms with E-state index in [2.05, 4.69) is 5.32 Å². The van der Waals surface area contributed by atoms with Gasteiger partial charge in [0.25, 0.3) is 5.91 Å². The van der Waals surface area contributed by atoms with Crippen LogP contribution in [0.25, 0.3) is 0 Å². The van der Waals surface area contributed by atoms with Gasteiger partial charge in [0.05, 0.1) is 0 Å². The second kappa shape index (κ2) is 6.48. The van der Waals surface area contributed by atoms with Crippen LogP contribution in [0.2, 0.25) is 0 Å². The van der Waals surface area contributed by atoms with Crippen LogP contribution in [0.4, 0.5) is 9.18 Å². The Bertz CT molecular complexity index is 505. The number of carbonyl (C=O) groups excluding carboxylic acids is 3. The number of hydrogen-bond acceptors (Lipinski definition) is 4. The zero-order valence-corrected chi connectivity index (χ0v) is 10.4. The van der Waals surface area contributed by atoms with Gasteiger partial charge in [0.15, 0.2) is 17.7 Å². The van der Waals surface area contributed by atoms with Crippen molar-refractivity contribution in [2.75, 3.05) is 7.05 Å². The number of rotatable bonds is 4. The fourth-order valence-electron chi connectivity index (χ4n) is 1.21. The SMILES string of the molecule is CNC(=O)NC(=O)C(C)Oc1ccc(C=O)cc1F. The normalized spacial score (nSPS) is 11.3. The average molecular weight is 268 g/mol. The van der Waals surface area contributed by atoms with Crippen LogP contribution in [0, 0.1) is 5.82 Å². The molecule has 0 aliphatic carbocycles. The summed E-state index contributed by atoms with van der Waals surface area (Å²) in [5.74, 6) is -1.65. The molecule has 6 nitrogen and oxygen atoms in total. The lowest BCUT2D eigenvalue weighted by atomic mass is 10.2. The van der Waals surface area contributed by atoms with Crippen LogP contribution in [-0.4, -0.2) is 31.4 Å². The Balaban J connectivity index is 2.71. The van der Waals surface area contributed by atoms with Gasteiger partial charge in [0.2, 0.25) is 0 Å². The first-order valence-corrected chi connectivity index (χ1v) is 5.42. The highest BCUT2D eigenvalue weighted by molar-refractivity contribution is 5.96. The van der Waals surface area contributed by atoms with E-state index in [0.29, 0.717) is 6.29 Å². The monoisotopic (exact) mass is 268 g/mol. The molecule has 2 N–H and O–H groups in total. The molecule has 0 aromatic heterocycles. The molecule has 7 heteroatoms. The maximum absolute atomic E-state index is 13.5. The highest BCUT2D eigenvalue weighted by Crippen LogP contribution is 2.19. The van der Waals surface area contributed by atoms with Gasteiger partial charge in [-0.15, -0.1) is 0 Å². The van der Waals surface area contributed by atoms with Crippen molar-refractivity contribution in [1.82, 2.24) is 10.6 Å². The van der Waals surface area contributed by atoms with Crippen molar-refractivity contribution >= 4 is 18.2 Å². The third-order valence-corrected chi connectivity index (χ3v) is 2.23. The Morgan fingerprint density at radius 3 is 2.63 bits per heavy atom. The van der Waals surface area contributed by atoms with Gasteiger partial charge in [-0.25, -0.2) is 9.18 Å². The number of nitrogens with one attached hydrogen (secondary N) is 2. The third kappa shape index (κ3) is 4.06. The summed E-state index contributed by atoms with van der Waals surface area (Å²) in [7, 11) is 1.35. The van der Waals surface area contributed by atoms with E-state index in [0.717, 1.165) is 6.07 Å². The number of amides is 3. The molecule has 0 heterocycles. The molecule has 102 valence electrons. The molecule has 1 rings (SSSR count). The van der Waals surface area contributed by atoms with Crippen molar-refractivity contribution in [3.63, 3.8) is 0 Å². The summed E-state index contributed by atoms with van der Waals surface area (Å²) < 4.78 is 18.6. The van der Waals surface area contributed by atoms with Gasteiger partial charge in [0, 0.05) is 12.6 Å². The Hall–Kier alpha value is -2.44. The number of benzene rings is 1. The molecule has 0 radical (unpaired) electrons. The minimum Gasteiger partial charge on any atom is -0.478 e. The zero-order chi connectivity index (χ0) is 14.4. The van der Waals surface area contributed by atoms with E-state index >= 15 is 0 Å². The lowest BCUT2D eigenvalue weighted by Crippen LogP contribution is -2.44. The van der Waals surface area contributed by atoms with Crippen LogP contribution in [-0.2, 0) is 4.79 Å². The average Bonchev–Trinajstić information content (AvgIpc) is 2.40. The van der Waals surface area contributed by atoms with Gasteiger partial charge in [-0.1, -0.05) is 0 Å². The lowest BCUT2D eigenvalue weighted by Gasteiger charge is -2.14. The van der Waals surface area contributed by atoms with Crippen molar-refractivity contribution < 1.29 is 23.5 Å². The van der Waals surface area contributed by atoms with Crippen molar-refractivity contribution in [2.45, 2.75) is 13.0 Å². The molecule has 3 amide bonds. The molecule has 0 fully saturated rings. The van der Waals surface area contributed by atoms with E-state index in [-0.39, 0.29) is 11.3 Å². The Morgan fingerprint density at radius 1 is 1.42 bits per heavy atom. The number of imide groups is 1. The number of ether oxygens (including phenoxy) is 1. The van der Waals surface area contributed by atoms with E-state index < -0.39 is 23.9 Å². The molecule has 0 bridgehead atoms. The summed E-state index contributed by atoms with van der Waals surface area (Å²) in [5.41, 5.74) is 0.160. The van der Waals surface area contributed by atoms with E-state index in [1.54, 1.807) is 0 Å². The predicted molar refractivity (Wildman–Crippen MR) is 64.5 cm³/mol. The first-order valence-electron chi connectivity index (χ1n) is 5.42. The molecule has 0 saturated carbocycles. The van der Waals surface area contributed by atoms with E-state index in [4.69, 9.17) is 4.74 Å². The summed E-state index contributed by atoms with van der Waals surface area (Å²) >= 11 is 0. The molecule has 0 saturated heterocycles. The van der Waals surface area contributed by atoms with E-state index in [1.165, 1.54) is 26.1 Å². The van der Waals surface area contributed by atoms with Crippen LogP contribution in [0.3, 0.4) is 0 Å². The summed E-state index contributed by atoms with van der Waals surface area (Å²) in [6.07, 6.45) is -0.567. The van der Waals surface area contributed by atoms with Crippen LogP contribution >= 0.6 is 0 Å². The second-order valence-electron chi connectivity index (χ2n) is 3.64. The minimum atomic E-state index is -1.06. The largest absolute Gasteiger partial charge is 0.478 e. The number of halogens is 1. The first kappa shape index (κ1) is 14.6. The van der Waals surface area contributed by atoms with Crippen LogP contribution < -0.4 is 15.4 Å². The van der Waals surface area contributed by atoms with E-state index in [1.807, 2.05) is 5.32 Å². The van der Waals surface area contributed by atoms with Gasteiger partial charge >= 0.3 is 6.03 Å². The molecule has 0 spiro atoms. The molecule has 1 aromatic carbocycles. The molecule has 19 heavy (non-hydrogen) atoms. The van der Waals surface area contributed by atoms with Gasteiger partial charge in [0.1, 0.15) is 6.29 Å². The highest BCUT2D eigenvalue weighted by atomic mass is 19.1. The van der Waals surface area contributed by atoms with Crippen molar-refractivity contribution in [3.8, 4) is 5.75 Å². The van der Waals surface area contributed by atoms with E-state index in [9.17, 15) is 18.8 Å². The molecular weight excluding hydrogens is 255 g/mol. The Morgan fingerprint density at radius 2 is 2.11 bits per heavy atom. The van der Waals surface area contributed by atoms with Crippen molar-refractivity contribution in [1.29, 1.82) is 0 Å². The van der Waals surface area contributed by atoms with Crippen LogP contribution in [0.5, 0.6) is 5.75 Å². The third-order valence-electron chi connectivity index (χ3n) is 2.23. The molecule has 1 unspecified atom stereocenters. The van der Waals surface area contributed by atoms with Crippen LogP contribution in [0.1, 0.15) is 17.3 Å². The Labute approximate surface area is 108 Å². The topological polar surface area (TPSA) is 84.5 Å². The summed E-state index contributed by atoms with van der Waals surface area (Å²) in [4.78, 5) is 32.8. The zero-order valence-electron chi connectivity index (χ0n) is 10.4. The molecule has 0 aliphatic heterocycles. The maximum atomic E-state index is 13.5. The molecule has 1 aromatic rings. The maximum Gasteiger partial charge on any atom is 0.321 e. The first-order chi connectivity index (χ1) is 8.97. The van der Waals surface area contributed by atoms with Crippen LogP contribution in [0.15, 0.2) is 18.2 Å². The van der Waals surface area contributed by atoms with Crippen molar-refractivity contribution in [2.24, 2.45) is 0 Å². The van der Waals surface area contributed by atoms with Crippen molar-refractivity contribution in [3.05, 3.63) is 29.6 Å². The molecular formula is C12H13FN2O4.